The van der Waals surface area contributed by atoms with Crippen LogP contribution in [0.4, 0.5) is 4.39 Å². The van der Waals surface area contributed by atoms with Gasteiger partial charge in [-0.3, -0.25) is 9.59 Å². The average Bonchev–Trinajstić information content (AvgIpc) is 2.45. The maximum atomic E-state index is 12.9. The number of ether oxygens (including phenoxy) is 2. The van der Waals surface area contributed by atoms with Gasteiger partial charge in [0.2, 0.25) is 0 Å². The molecule has 0 radical (unpaired) electrons. The van der Waals surface area contributed by atoms with Crippen molar-refractivity contribution in [3.05, 3.63) is 28.5 Å². The van der Waals surface area contributed by atoms with E-state index in [2.05, 4.69) is 15.9 Å². The lowest BCUT2D eigenvalue weighted by Gasteiger charge is -2.19. The van der Waals surface area contributed by atoms with Crippen molar-refractivity contribution in [3.63, 3.8) is 0 Å². The minimum absolute atomic E-state index is 0.0408. The molecule has 0 saturated heterocycles. The molecule has 22 heavy (non-hydrogen) atoms. The molecule has 0 fully saturated rings. The predicted octanol–water partition coefficient (Wildman–Crippen LogP) is 4.25. The molecule has 0 N–H and O–H groups in total. The number of halogens is 2. The minimum Gasteiger partial charge on any atom is -0.462 e. The summed E-state index contributed by atoms with van der Waals surface area (Å²) in [5.41, 5.74) is 0. The van der Waals surface area contributed by atoms with Crippen LogP contribution in [0, 0.1) is 11.7 Å². The van der Waals surface area contributed by atoms with Crippen molar-refractivity contribution in [2.24, 2.45) is 5.92 Å². The van der Waals surface area contributed by atoms with Crippen molar-refractivity contribution >= 4 is 27.9 Å². The van der Waals surface area contributed by atoms with Crippen molar-refractivity contribution in [3.8, 4) is 5.75 Å². The first-order valence-corrected chi connectivity index (χ1v) is 7.98. The zero-order chi connectivity index (χ0) is 16.7. The molecule has 0 aliphatic carbocycles. The Morgan fingerprint density at radius 3 is 2.41 bits per heavy atom. The Morgan fingerprint density at radius 1 is 1.23 bits per heavy atom. The maximum Gasteiger partial charge on any atom is 0.311 e. The Kier molecular flexibility index (Phi) is 7.51. The van der Waals surface area contributed by atoms with Crippen molar-refractivity contribution in [1.29, 1.82) is 0 Å². The Bertz CT molecular complexity index is 531. The topological polar surface area (TPSA) is 52.6 Å². The lowest BCUT2D eigenvalue weighted by Crippen LogP contribution is -2.23. The molecular formula is C16H20BrFO4. The van der Waals surface area contributed by atoms with Crippen molar-refractivity contribution < 1.29 is 23.5 Å². The molecule has 0 aliphatic rings. The number of hydrogen-bond donors (Lipinski definition) is 0. The molecule has 0 spiro atoms. The van der Waals surface area contributed by atoms with E-state index in [-0.39, 0.29) is 30.6 Å². The lowest BCUT2D eigenvalue weighted by atomic mass is 10.1. The summed E-state index contributed by atoms with van der Waals surface area (Å²) in [4.78, 5) is 23.4. The molecule has 0 bridgehead atoms. The third-order valence-corrected chi connectivity index (χ3v) is 3.70. The van der Waals surface area contributed by atoms with Gasteiger partial charge in [0.15, 0.2) is 0 Å². The van der Waals surface area contributed by atoms with E-state index in [1.165, 1.54) is 18.2 Å². The molecule has 4 nitrogen and oxygen atoms in total. The van der Waals surface area contributed by atoms with Crippen LogP contribution in [0.2, 0.25) is 0 Å². The summed E-state index contributed by atoms with van der Waals surface area (Å²) in [5.74, 6) is -0.975. The highest BCUT2D eigenvalue weighted by atomic mass is 79.9. The molecule has 1 rings (SSSR count). The van der Waals surface area contributed by atoms with E-state index in [4.69, 9.17) is 9.47 Å². The third kappa shape index (κ3) is 6.13. The van der Waals surface area contributed by atoms with Crippen molar-refractivity contribution in [2.45, 2.75) is 46.1 Å². The zero-order valence-electron chi connectivity index (χ0n) is 12.9. The van der Waals surface area contributed by atoms with Gasteiger partial charge in [-0.05, 0) is 46.5 Å². The maximum absolute atomic E-state index is 12.9. The van der Waals surface area contributed by atoms with Crippen molar-refractivity contribution in [2.75, 3.05) is 0 Å². The molecule has 1 unspecified atom stereocenters. The van der Waals surface area contributed by atoms with Gasteiger partial charge < -0.3 is 9.47 Å². The van der Waals surface area contributed by atoms with Crippen LogP contribution in [0.25, 0.3) is 0 Å². The number of carbonyl (C=O) groups is 2. The molecule has 0 amide bonds. The van der Waals surface area contributed by atoms with Gasteiger partial charge in [-0.2, -0.15) is 0 Å². The van der Waals surface area contributed by atoms with Crippen LogP contribution in [0.15, 0.2) is 22.7 Å². The van der Waals surface area contributed by atoms with E-state index in [0.29, 0.717) is 4.47 Å². The summed E-state index contributed by atoms with van der Waals surface area (Å²) < 4.78 is 23.6. The molecule has 6 heteroatoms. The van der Waals surface area contributed by atoms with Crippen molar-refractivity contribution in [1.82, 2.24) is 0 Å². The second-order valence-electron chi connectivity index (χ2n) is 5.23. The highest BCUT2D eigenvalue weighted by molar-refractivity contribution is 9.10. The first-order chi connectivity index (χ1) is 10.3. The molecule has 1 aromatic carbocycles. The van der Waals surface area contributed by atoms with Gasteiger partial charge in [-0.25, -0.2) is 4.39 Å². The Labute approximate surface area is 138 Å². The quantitative estimate of drug-likeness (QED) is 0.528. The first kappa shape index (κ1) is 18.6. The monoisotopic (exact) mass is 374 g/mol. The van der Waals surface area contributed by atoms with Gasteiger partial charge in [0.25, 0.3) is 0 Å². The predicted molar refractivity (Wildman–Crippen MR) is 84.0 cm³/mol. The van der Waals surface area contributed by atoms with E-state index in [1.807, 2.05) is 20.8 Å². The number of rotatable bonds is 7. The van der Waals surface area contributed by atoms with E-state index in [1.54, 1.807) is 0 Å². The fraction of sp³-hybridized carbons (Fsp3) is 0.500. The van der Waals surface area contributed by atoms with E-state index in [9.17, 15) is 14.0 Å². The van der Waals surface area contributed by atoms with Crippen LogP contribution < -0.4 is 4.74 Å². The Morgan fingerprint density at radius 2 is 1.86 bits per heavy atom. The van der Waals surface area contributed by atoms with Gasteiger partial charge in [0, 0.05) is 0 Å². The number of carbonyl (C=O) groups excluding carboxylic acids is 2. The second kappa shape index (κ2) is 8.88. The molecule has 1 aromatic rings. The minimum atomic E-state index is -0.568. The molecule has 0 saturated carbocycles. The summed E-state index contributed by atoms with van der Waals surface area (Å²) in [6.45, 7) is 5.89. The van der Waals surface area contributed by atoms with Gasteiger partial charge in [-0.15, -0.1) is 0 Å². The van der Waals surface area contributed by atoms with Gasteiger partial charge >= 0.3 is 11.9 Å². The van der Waals surface area contributed by atoms with E-state index < -0.39 is 17.8 Å². The summed E-state index contributed by atoms with van der Waals surface area (Å²) in [5, 5.41) is 0. The smallest absolute Gasteiger partial charge is 0.311 e. The van der Waals surface area contributed by atoms with Crippen LogP contribution in [-0.4, -0.2) is 18.0 Å². The summed E-state index contributed by atoms with van der Waals surface area (Å²) >= 11 is 3.10. The number of benzene rings is 1. The van der Waals surface area contributed by atoms with Crippen LogP contribution in [-0.2, 0) is 14.3 Å². The SMILES string of the molecule is CCC(OC(=O)CCC(=O)Oc1ccc(F)cc1Br)C(C)C. The fourth-order valence-electron chi connectivity index (χ4n) is 1.85. The third-order valence-electron chi connectivity index (χ3n) is 3.08. The number of esters is 2. The first-order valence-electron chi connectivity index (χ1n) is 7.18. The standard InChI is InChI=1S/C16H20BrFO4/c1-4-13(10(2)3)21-15(19)7-8-16(20)22-14-6-5-11(18)9-12(14)17/h5-6,9-10,13H,4,7-8H2,1-3H3. The van der Waals surface area contributed by atoms with Crippen LogP contribution in [0.1, 0.15) is 40.0 Å². The summed E-state index contributed by atoms with van der Waals surface area (Å²) in [6, 6.07) is 3.74. The highest BCUT2D eigenvalue weighted by Crippen LogP contribution is 2.25. The largest absolute Gasteiger partial charge is 0.462 e. The lowest BCUT2D eigenvalue weighted by molar-refractivity contribution is -0.153. The van der Waals surface area contributed by atoms with E-state index in [0.717, 1.165) is 6.42 Å². The average molecular weight is 375 g/mol. The molecule has 122 valence electrons. The molecular weight excluding hydrogens is 355 g/mol. The highest BCUT2D eigenvalue weighted by Gasteiger charge is 2.18. The van der Waals surface area contributed by atoms with Gasteiger partial charge in [0.1, 0.15) is 17.7 Å². The molecule has 1 atom stereocenters. The molecule has 0 aliphatic heterocycles. The summed E-state index contributed by atoms with van der Waals surface area (Å²) in [6.07, 6.45) is 0.462. The Hall–Kier alpha value is -1.43. The summed E-state index contributed by atoms with van der Waals surface area (Å²) in [7, 11) is 0. The zero-order valence-corrected chi connectivity index (χ0v) is 14.5. The second-order valence-corrected chi connectivity index (χ2v) is 6.08. The fourth-order valence-corrected chi connectivity index (χ4v) is 2.29. The van der Waals surface area contributed by atoms with E-state index >= 15 is 0 Å². The van der Waals surface area contributed by atoms with Crippen LogP contribution in [0.5, 0.6) is 5.75 Å². The molecule has 0 aromatic heterocycles. The molecule has 0 heterocycles. The Balaban J connectivity index is 2.44. The number of hydrogen-bond acceptors (Lipinski definition) is 4. The van der Waals surface area contributed by atoms with Crippen LogP contribution >= 0.6 is 15.9 Å². The van der Waals surface area contributed by atoms with Gasteiger partial charge in [0.05, 0.1) is 17.3 Å². The van der Waals surface area contributed by atoms with Crippen LogP contribution in [0.3, 0.4) is 0 Å². The normalized spacial score (nSPS) is 12.1. The van der Waals surface area contributed by atoms with Gasteiger partial charge in [-0.1, -0.05) is 20.8 Å².